The molecule has 0 aliphatic carbocycles. The first-order valence-electron chi connectivity index (χ1n) is 10.8. The molecule has 0 amide bonds. The lowest BCUT2D eigenvalue weighted by Gasteiger charge is -2.48. The van der Waals surface area contributed by atoms with Crippen LogP contribution >= 0.6 is 15.0 Å². The fraction of sp³-hybridized carbons (Fsp3) is 1.00. The zero-order valence-electron chi connectivity index (χ0n) is 21.4. The maximum Gasteiger partial charge on any atom is 0.341 e. The van der Waals surface area contributed by atoms with Gasteiger partial charge in [0.25, 0.3) is 0 Å². The van der Waals surface area contributed by atoms with Gasteiger partial charge >= 0.3 is 7.60 Å². The van der Waals surface area contributed by atoms with Crippen LogP contribution in [0.2, 0.25) is 0 Å². The minimum absolute atomic E-state index is 0.0126. The van der Waals surface area contributed by atoms with Gasteiger partial charge in [0.1, 0.15) is 5.90 Å². The highest BCUT2D eigenvalue weighted by molar-refractivity contribution is 7.74. The Morgan fingerprint density at radius 2 is 0.862 bits per heavy atom. The molecule has 0 aromatic rings. The van der Waals surface area contributed by atoms with E-state index in [1.54, 1.807) is 0 Å². The molecular formula is C21H48N2O4P2. The maximum absolute atomic E-state index is 14.9. The minimum atomic E-state index is -3.70. The zero-order valence-corrected chi connectivity index (χ0v) is 23.2. The summed E-state index contributed by atoms with van der Waals surface area (Å²) in [5, 5.41) is 0. The largest absolute Gasteiger partial charge is 0.341 e. The summed E-state index contributed by atoms with van der Waals surface area (Å²) >= 11 is 0. The average molecular weight is 455 g/mol. The fourth-order valence-corrected chi connectivity index (χ4v) is 12.3. The van der Waals surface area contributed by atoms with Crippen LogP contribution < -0.4 is 0 Å². The molecule has 0 heterocycles. The van der Waals surface area contributed by atoms with Crippen LogP contribution in [0.5, 0.6) is 0 Å². The van der Waals surface area contributed by atoms with Gasteiger partial charge in [-0.2, -0.15) is 0 Å². The second-order valence-electron chi connectivity index (χ2n) is 11.0. The van der Waals surface area contributed by atoms with Crippen molar-refractivity contribution in [2.75, 3.05) is 5.90 Å². The molecule has 0 bridgehead atoms. The molecule has 0 aliphatic heterocycles. The topological polar surface area (TPSA) is 59.1 Å². The molecule has 0 unspecified atom stereocenters. The third-order valence-electron chi connectivity index (χ3n) is 4.02. The van der Waals surface area contributed by atoms with Gasteiger partial charge in [0.2, 0.25) is 7.44 Å². The first-order valence-corrected chi connectivity index (χ1v) is 14.3. The molecule has 0 rings (SSSR count). The third kappa shape index (κ3) is 9.13. The van der Waals surface area contributed by atoms with E-state index in [4.69, 9.17) is 9.05 Å². The molecule has 0 radical (unpaired) electrons. The Balaban J connectivity index is 6.71. The summed E-state index contributed by atoms with van der Waals surface area (Å²) in [5.41, 5.74) is -1.38. The monoisotopic (exact) mass is 454 g/mol. The molecule has 0 fully saturated rings. The lowest BCUT2D eigenvalue weighted by atomic mass is 10.2. The van der Waals surface area contributed by atoms with E-state index in [2.05, 4.69) is 0 Å². The van der Waals surface area contributed by atoms with Crippen molar-refractivity contribution in [2.24, 2.45) is 0 Å². The van der Waals surface area contributed by atoms with Gasteiger partial charge in [0, 0.05) is 24.2 Å². The summed E-state index contributed by atoms with van der Waals surface area (Å²) in [6.07, 6.45) is 0. The average Bonchev–Trinajstić information content (AvgIpc) is 2.28. The van der Waals surface area contributed by atoms with E-state index in [1.165, 1.54) is 0 Å². The molecule has 0 atom stereocenters. The molecule has 0 spiro atoms. The van der Waals surface area contributed by atoms with Gasteiger partial charge in [-0.15, -0.1) is 0 Å². The van der Waals surface area contributed by atoms with Crippen molar-refractivity contribution < 1.29 is 18.2 Å². The van der Waals surface area contributed by atoms with Crippen LogP contribution in [-0.2, 0) is 18.2 Å². The third-order valence-corrected chi connectivity index (χ3v) is 11.8. The van der Waals surface area contributed by atoms with Gasteiger partial charge in [-0.05, 0) is 96.9 Å². The van der Waals surface area contributed by atoms with E-state index >= 15 is 0 Å². The van der Waals surface area contributed by atoms with E-state index in [0.29, 0.717) is 0 Å². The molecule has 0 N–H and O–H groups in total. The molecule has 8 heteroatoms. The highest BCUT2D eigenvalue weighted by Gasteiger charge is 2.50. The second kappa shape index (κ2) is 10.3. The molecule has 0 aromatic heterocycles. The first kappa shape index (κ1) is 29.3. The van der Waals surface area contributed by atoms with Gasteiger partial charge in [-0.25, -0.2) is 9.34 Å². The van der Waals surface area contributed by atoms with Crippen LogP contribution in [0.1, 0.15) is 96.9 Å². The number of nitrogens with zero attached hydrogens (tertiary/aromatic N) is 2. The Bertz CT molecular complexity index is 545. The van der Waals surface area contributed by atoms with Gasteiger partial charge in [-0.1, -0.05) is 0 Å². The summed E-state index contributed by atoms with van der Waals surface area (Å²) < 4.78 is 45.0. The summed E-state index contributed by atoms with van der Waals surface area (Å²) in [4.78, 5) is 0. The summed E-state index contributed by atoms with van der Waals surface area (Å²) in [5.74, 6) is -0.138. The Morgan fingerprint density at radius 1 is 0.621 bits per heavy atom. The van der Waals surface area contributed by atoms with Crippen LogP contribution in [0.25, 0.3) is 0 Å². The van der Waals surface area contributed by atoms with E-state index in [-0.39, 0.29) is 30.1 Å². The van der Waals surface area contributed by atoms with Crippen LogP contribution in [-0.4, -0.2) is 50.6 Å². The van der Waals surface area contributed by atoms with Crippen molar-refractivity contribution in [3.05, 3.63) is 0 Å². The zero-order chi connectivity index (χ0) is 23.6. The lowest BCUT2D eigenvalue weighted by Crippen LogP contribution is -2.46. The Labute approximate surface area is 181 Å². The van der Waals surface area contributed by atoms with Crippen molar-refractivity contribution in [3.8, 4) is 0 Å². The highest BCUT2D eigenvalue weighted by atomic mass is 31.2. The van der Waals surface area contributed by atoms with E-state index < -0.39 is 26.2 Å². The second-order valence-corrected chi connectivity index (χ2v) is 15.9. The van der Waals surface area contributed by atoms with Crippen LogP contribution in [0.3, 0.4) is 0 Å². The Morgan fingerprint density at radius 3 is 1.03 bits per heavy atom. The smallest absolute Gasteiger partial charge is 0.302 e. The van der Waals surface area contributed by atoms with E-state index in [9.17, 15) is 9.13 Å². The predicted molar refractivity (Wildman–Crippen MR) is 126 cm³/mol. The molecule has 0 aromatic carbocycles. The predicted octanol–water partition coefficient (Wildman–Crippen LogP) is 7.20. The molecular weight excluding hydrogens is 406 g/mol. The van der Waals surface area contributed by atoms with Crippen molar-refractivity contribution >= 4 is 15.0 Å². The minimum Gasteiger partial charge on any atom is -0.302 e. The van der Waals surface area contributed by atoms with Gasteiger partial charge in [0.15, 0.2) is 0 Å². The van der Waals surface area contributed by atoms with Crippen molar-refractivity contribution in [1.29, 1.82) is 0 Å². The normalized spacial score (nSPS) is 15.0. The van der Waals surface area contributed by atoms with Gasteiger partial charge in [0.05, 0.1) is 11.2 Å². The fourth-order valence-electron chi connectivity index (χ4n) is 4.04. The van der Waals surface area contributed by atoms with Crippen molar-refractivity contribution in [3.63, 3.8) is 0 Å². The molecule has 0 saturated carbocycles. The molecule has 0 aliphatic rings. The summed E-state index contributed by atoms with van der Waals surface area (Å²) in [6, 6.07) is 0.0502. The quantitative estimate of drug-likeness (QED) is 0.325. The summed E-state index contributed by atoms with van der Waals surface area (Å²) in [6.45, 7) is 27.4. The number of hydrogen-bond acceptors (Lipinski definition) is 4. The molecule has 6 nitrogen and oxygen atoms in total. The van der Waals surface area contributed by atoms with Gasteiger partial charge in [-0.3, -0.25) is 9.13 Å². The molecule has 176 valence electrons. The van der Waals surface area contributed by atoms with E-state index in [0.717, 1.165) is 0 Å². The molecule has 0 saturated heterocycles. The number of rotatable bonds is 10. The van der Waals surface area contributed by atoms with Crippen LogP contribution in [0.4, 0.5) is 0 Å². The van der Waals surface area contributed by atoms with Crippen LogP contribution in [0.15, 0.2) is 0 Å². The first-order chi connectivity index (χ1) is 12.7. The maximum atomic E-state index is 14.9. The van der Waals surface area contributed by atoms with E-state index in [1.807, 2.05) is 106 Å². The molecule has 29 heavy (non-hydrogen) atoms. The SMILES string of the molecule is CC(C)N(C(C)C)P(=O)(CP(=O)(OC(C)(C)C)OC(C)(C)C)N(C(C)C)C(C)C. The van der Waals surface area contributed by atoms with Crippen molar-refractivity contribution in [1.82, 2.24) is 9.34 Å². The van der Waals surface area contributed by atoms with Gasteiger partial charge < -0.3 is 9.05 Å². The van der Waals surface area contributed by atoms with Crippen molar-refractivity contribution in [2.45, 2.75) is 132 Å². The highest BCUT2D eigenvalue weighted by Crippen LogP contribution is 2.70. The Kier molecular flexibility index (Phi) is 10.4. The summed E-state index contributed by atoms with van der Waals surface area (Å²) in [7, 11) is -7.00. The lowest BCUT2D eigenvalue weighted by molar-refractivity contribution is 0.0506. The van der Waals surface area contributed by atoms with Crippen LogP contribution in [0, 0.1) is 0 Å². The standard InChI is InChI=1S/C21H48N2O4P2/c1-16(2)22(17(3)4)28(24,23(18(5)6)19(7)8)15-29(25,26-20(9,10)11)27-21(12,13)14/h16-19H,15H2,1-14H3. The Hall–Kier alpha value is 0.300. The number of hydrogen-bond donors (Lipinski definition) is 0.